The SMILES string of the molecule is CC(C)CNC(=O)CSc1nnc(-c2cccnc2)n1-c1ccc(Cl)c(Cl)c1. The summed E-state index contributed by atoms with van der Waals surface area (Å²) < 4.78 is 1.85. The second kappa shape index (κ2) is 9.41. The number of benzene rings is 1. The van der Waals surface area contributed by atoms with E-state index in [4.69, 9.17) is 23.2 Å². The van der Waals surface area contributed by atoms with Crippen molar-refractivity contribution in [2.24, 2.45) is 5.92 Å². The quantitative estimate of drug-likeness (QED) is 0.552. The van der Waals surface area contributed by atoms with Crippen LogP contribution >= 0.6 is 35.0 Å². The van der Waals surface area contributed by atoms with Gasteiger partial charge in [-0.15, -0.1) is 10.2 Å². The van der Waals surface area contributed by atoms with Crippen LogP contribution < -0.4 is 5.32 Å². The Morgan fingerprint density at radius 1 is 1.21 bits per heavy atom. The van der Waals surface area contributed by atoms with Gasteiger partial charge in [-0.05, 0) is 36.2 Å². The van der Waals surface area contributed by atoms with Crippen LogP contribution in [0.15, 0.2) is 47.9 Å². The van der Waals surface area contributed by atoms with Gasteiger partial charge in [-0.25, -0.2) is 0 Å². The molecule has 1 N–H and O–H groups in total. The number of aromatic nitrogens is 4. The van der Waals surface area contributed by atoms with Gasteiger partial charge < -0.3 is 5.32 Å². The third kappa shape index (κ3) is 5.04. The predicted octanol–water partition coefficient (Wildman–Crippen LogP) is 4.50. The summed E-state index contributed by atoms with van der Waals surface area (Å²) in [6, 6.07) is 9.02. The van der Waals surface area contributed by atoms with E-state index < -0.39 is 0 Å². The minimum Gasteiger partial charge on any atom is -0.355 e. The van der Waals surface area contributed by atoms with E-state index in [0.717, 1.165) is 11.3 Å². The summed E-state index contributed by atoms with van der Waals surface area (Å²) in [7, 11) is 0. The number of carbonyl (C=O) groups is 1. The number of rotatable bonds is 7. The summed E-state index contributed by atoms with van der Waals surface area (Å²) in [4.78, 5) is 16.3. The fourth-order valence-corrected chi connectivity index (χ4v) is 3.48. The molecule has 0 aliphatic carbocycles. The molecular weight excluding hydrogens is 417 g/mol. The molecular formula is C19H19Cl2N5OS. The molecule has 0 aliphatic rings. The second-order valence-corrected chi connectivity index (χ2v) is 8.23. The average molecular weight is 436 g/mol. The predicted molar refractivity (Wildman–Crippen MR) is 113 cm³/mol. The summed E-state index contributed by atoms with van der Waals surface area (Å²) in [6.45, 7) is 4.74. The Labute approximate surface area is 177 Å². The molecule has 2 aromatic heterocycles. The Kier molecular flexibility index (Phi) is 6.93. The van der Waals surface area contributed by atoms with Gasteiger partial charge in [-0.1, -0.05) is 48.8 Å². The van der Waals surface area contributed by atoms with Crippen LogP contribution in [0.5, 0.6) is 0 Å². The molecule has 6 nitrogen and oxygen atoms in total. The minimum atomic E-state index is -0.0506. The highest BCUT2D eigenvalue weighted by Crippen LogP contribution is 2.31. The zero-order chi connectivity index (χ0) is 20.1. The molecule has 3 rings (SSSR count). The van der Waals surface area contributed by atoms with Crippen LogP contribution in [0.4, 0.5) is 0 Å². The fourth-order valence-electron chi connectivity index (χ4n) is 2.40. The third-order valence-corrected chi connectivity index (χ3v) is 5.42. The van der Waals surface area contributed by atoms with E-state index in [2.05, 4.69) is 34.3 Å². The van der Waals surface area contributed by atoms with Crippen molar-refractivity contribution in [1.29, 1.82) is 0 Å². The highest BCUT2D eigenvalue weighted by Gasteiger charge is 2.18. The van der Waals surface area contributed by atoms with Crippen LogP contribution in [0, 0.1) is 5.92 Å². The number of nitrogens with one attached hydrogen (secondary N) is 1. The molecule has 0 unspecified atom stereocenters. The van der Waals surface area contributed by atoms with E-state index in [0.29, 0.717) is 33.5 Å². The number of amides is 1. The first-order valence-electron chi connectivity index (χ1n) is 8.66. The minimum absolute atomic E-state index is 0.0506. The van der Waals surface area contributed by atoms with E-state index in [9.17, 15) is 4.79 Å². The Balaban J connectivity index is 1.93. The monoisotopic (exact) mass is 435 g/mol. The summed E-state index contributed by atoms with van der Waals surface area (Å²) in [5.74, 6) is 1.19. The molecule has 1 aromatic carbocycles. The Bertz CT molecular complexity index is 962. The van der Waals surface area contributed by atoms with Crippen molar-refractivity contribution >= 4 is 40.9 Å². The van der Waals surface area contributed by atoms with Gasteiger partial charge in [0.1, 0.15) is 0 Å². The summed E-state index contributed by atoms with van der Waals surface area (Å²) in [6.07, 6.45) is 3.40. The van der Waals surface area contributed by atoms with Gasteiger partial charge in [0.05, 0.1) is 21.5 Å². The lowest BCUT2D eigenvalue weighted by Crippen LogP contribution is -2.28. The van der Waals surface area contributed by atoms with E-state index >= 15 is 0 Å². The zero-order valence-electron chi connectivity index (χ0n) is 15.4. The van der Waals surface area contributed by atoms with Crippen LogP contribution in [0.2, 0.25) is 10.0 Å². The maximum atomic E-state index is 12.1. The number of pyridine rings is 1. The smallest absolute Gasteiger partial charge is 0.230 e. The zero-order valence-corrected chi connectivity index (χ0v) is 17.7. The lowest BCUT2D eigenvalue weighted by molar-refractivity contribution is -0.118. The largest absolute Gasteiger partial charge is 0.355 e. The topological polar surface area (TPSA) is 72.7 Å². The number of thioether (sulfide) groups is 1. The molecule has 0 radical (unpaired) electrons. The molecule has 0 atom stereocenters. The van der Waals surface area contributed by atoms with Gasteiger partial charge in [0, 0.05) is 24.5 Å². The molecule has 0 aliphatic heterocycles. The normalized spacial score (nSPS) is 11.0. The molecule has 28 heavy (non-hydrogen) atoms. The maximum absolute atomic E-state index is 12.1. The number of nitrogens with zero attached hydrogens (tertiary/aromatic N) is 4. The van der Waals surface area contributed by atoms with E-state index in [1.54, 1.807) is 24.5 Å². The molecule has 0 saturated heterocycles. The third-order valence-electron chi connectivity index (χ3n) is 3.75. The average Bonchev–Trinajstić information content (AvgIpc) is 3.11. The molecule has 2 heterocycles. The lowest BCUT2D eigenvalue weighted by atomic mass is 10.2. The van der Waals surface area contributed by atoms with E-state index in [1.165, 1.54) is 11.8 Å². The molecule has 3 aromatic rings. The lowest BCUT2D eigenvalue weighted by Gasteiger charge is -2.11. The molecule has 0 bridgehead atoms. The molecule has 146 valence electrons. The molecule has 9 heteroatoms. The van der Waals surface area contributed by atoms with Crippen molar-refractivity contribution in [3.8, 4) is 17.1 Å². The van der Waals surface area contributed by atoms with Gasteiger partial charge in [0.15, 0.2) is 11.0 Å². The Morgan fingerprint density at radius 2 is 2.04 bits per heavy atom. The van der Waals surface area contributed by atoms with Crippen LogP contribution in [0.25, 0.3) is 17.1 Å². The van der Waals surface area contributed by atoms with Crippen molar-refractivity contribution in [1.82, 2.24) is 25.1 Å². The number of hydrogen-bond donors (Lipinski definition) is 1. The van der Waals surface area contributed by atoms with Gasteiger partial charge in [0.2, 0.25) is 5.91 Å². The van der Waals surface area contributed by atoms with Gasteiger partial charge >= 0.3 is 0 Å². The van der Waals surface area contributed by atoms with Crippen LogP contribution in [0.1, 0.15) is 13.8 Å². The fraction of sp³-hybridized carbons (Fsp3) is 0.263. The van der Waals surface area contributed by atoms with Crippen LogP contribution in [0.3, 0.4) is 0 Å². The first kappa shape index (κ1) is 20.6. The van der Waals surface area contributed by atoms with Crippen molar-refractivity contribution < 1.29 is 4.79 Å². The Hall–Kier alpha value is -2.09. The number of hydrogen-bond acceptors (Lipinski definition) is 5. The van der Waals surface area contributed by atoms with Gasteiger partial charge in [0.25, 0.3) is 0 Å². The van der Waals surface area contributed by atoms with Crippen molar-refractivity contribution in [2.75, 3.05) is 12.3 Å². The maximum Gasteiger partial charge on any atom is 0.230 e. The molecule has 0 spiro atoms. The van der Waals surface area contributed by atoms with E-state index in [1.807, 2.05) is 22.8 Å². The summed E-state index contributed by atoms with van der Waals surface area (Å²) in [5.41, 5.74) is 1.56. The van der Waals surface area contributed by atoms with Crippen LogP contribution in [-0.2, 0) is 4.79 Å². The number of halogens is 2. The van der Waals surface area contributed by atoms with E-state index in [-0.39, 0.29) is 11.7 Å². The standard InChI is InChI=1S/C19H19Cl2N5OS/c1-12(2)9-23-17(27)11-28-19-25-24-18(13-4-3-7-22-10-13)26(19)14-5-6-15(20)16(21)8-14/h3-8,10,12H,9,11H2,1-2H3,(H,23,27). The summed E-state index contributed by atoms with van der Waals surface area (Å²) in [5, 5.41) is 13.0. The number of carbonyl (C=O) groups excluding carboxylic acids is 1. The first-order valence-corrected chi connectivity index (χ1v) is 10.4. The van der Waals surface area contributed by atoms with Gasteiger partial charge in [-0.2, -0.15) is 0 Å². The molecule has 0 saturated carbocycles. The summed E-state index contributed by atoms with van der Waals surface area (Å²) >= 11 is 13.6. The highest BCUT2D eigenvalue weighted by molar-refractivity contribution is 7.99. The second-order valence-electron chi connectivity index (χ2n) is 6.47. The van der Waals surface area contributed by atoms with Crippen molar-refractivity contribution in [3.63, 3.8) is 0 Å². The van der Waals surface area contributed by atoms with Gasteiger partial charge in [-0.3, -0.25) is 14.3 Å². The first-order chi connectivity index (χ1) is 13.5. The van der Waals surface area contributed by atoms with Crippen molar-refractivity contribution in [3.05, 3.63) is 52.8 Å². The highest BCUT2D eigenvalue weighted by atomic mass is 35.5. The molecule has 1 amide bonds. The van der Waals surface area contributed by atoms with Crippen molar-refractivity contribution in [2.45, 2.75) is 19.0 Å². The molecule has 0 fully saturated rings. The van der Waals surface area contributed by atoms with Crippen LogP contribution in [-0.4, -0.2) is 38.0 Å². The Morgan fingerprint density at radius 3 is 2.71 bits per heavy atom.